The Kier molecular flexibility index (Phi) is 5.34. The number of nitrogens with zero attached hydrogens (tertiary/aromatic N) is 1. The second-order valence-corrected chi connectivity index (χ2v) is 6.44. The summed E-state index contributed by atoms with van der Waals surface area (Å²) in [5.41, 5.74) is 8.44. The average Bonchev–Trinajstić information content (AvgIpc) is 2.64. The molecule has 3 rings (SSSR count). The molecule has 0 atom stereocenters. The van der Waals surface area contributed by atoms with Crippen molar-refractivity contribution in [3.8, 4) is 0 Å². The summed E-state index contributed by atoms with van der Waals surface area (Å²) in [5.74, 6) is 1.45. The molecule has 0 radical (unpaired) electrons. The smallest absolute Gasteiger partial charge is 0.131 e. The van der Waals surface area contributed by atoms with Gasteiger partial charge in [0.1, 0.15) is 5.84 Å². The van der Waals surface area contributed by atoms with Gasteiger partial charge in [-0.3, -0.25) is 0 Å². The van der Waals surface area contributed by atoms with Crippen LogP contribution in [0.15, 0.2) is 88.9 Å². The summed E-state index contributed by atoms with van der Waals surface area (Å²) in [4.78, 5) is 5.43. The van der Waals surface area contributed by atoms with Crippen LogP contribution < -0.4 is 5.73 Å². The van der Waals surface area contributed by atoms with E-state index in [9.17, 15) is 0 Å². The molecule has 0 spiro atoms. The minimum atomic E-state index is 0.550. The van der Waals surface area contributed by atoms with E-state index < -0.39 is 0 Å². The Balaban J connectivity index is 1.87. The Labute approximate surface area is 147 Å². The number of allylic oxidation sites excluding steroid dienone is 1. The summed E-state index contributed by atoms with van der Waals surface area (Å²) in [6.07, 6.45) is 3.60. The van der Waals surface area contributed by atoms with Gasteiger partial charge in [0.25, 0.3) is 0 Å². The number of amidine groups is 1. The summed E-state index contributed by atoms with van der Waals surface area (Å²) in [7, 11) is 0. The fourth-order valence-electron chi connectivity index (χ4n) is 2.60. The van der Waals surface area contributed by atoms with Crippen LogP contribution in [0, 0.1) is 0 Å². The number of nitrogens with two attached hydrogens (primary N) is 1. The van der Waals surface area contributed by atoms with Crippen LogP contribution in [0.2, 0.25) is 0 Å². The lowest BCUT2D eigenvalue weighted by Crippen LogP contribution is -2.13. The van der Waals surface area contributed by atoms with Gasteiger partial charge in [-0.2, -0.15) is 0 Å². The van der Waals surface area contributed by atoms with Crippen molar-refractivity contribution in [2.24, 2.45) is 10.7 Å². The highest BCUT2D eigenvalue weighted by Gasteiger charge is 2.07. The minimum absolute atomic E-state index is 0.550. The normalized spacial score (nSPS) is 12.1. The highest BCUT2D eigenvalue weighted by molar-refractivity contribution is 7.98. The maximum Gasteiger partial charge on any atom is 0.131 e. The molecule has 3 aromatic rings. The van der Waals surface area contributed by atoms with Gasteiger partial charge in [-0.25, -0.2) is 4.99 Å². The number of aliphatic imine (C=N–C) groups is 1. The molecular formula is C21H20N2S. The molecular weight excluding hydrogens is 312 g/mol. The lowest BCUT2D eigenvalue weighted by molar-refractivity contribution is 1.35. The topological polar surface area (TPSA) is 38.4 Å². The second-order valence-electron chi connectivity index (χ2n) is 5.42. The fourth-order valence-corrected chi connectivity index (χ4v) is 3.67. The van der Waals surface area contributed by atoms with Crippen LogP contribution in [-0.2, 0) is 5.75 Å². The van der Waals surface area contributed by atoms with Crippen LogP contribution in [0.25, 0.3) is 10.8 Å². The molecule has 24 heavy (non-hydrogen) atoms. The molecule has 2 nitrogen and oxygen atoms in total. The third kappa shape index (κ3) is 3.69. The first-order valence-electron chi connectivity index (χ1n) is 7.93. The highest BCUT2D eigenvalue weighted by Crippen LogP contribution is 2.29. The molecule has 0 saturated carbocycles. The van der Waals surface area contributed by atoms with Crippen LogP contribution in [-0.4, -0.2) is 5.84 Å². The number of hydrogen-bond acceptors (Lipinski definition) is 2. The van der Waals surface area contributed by atoms with Crippen molar-refractivity contribution in [1.82, 2.24) is 0 Å². The first kappa shape index (κ1) is 16.3. The second kappa shape index (κ2) is 7.84. The zero-order chi connectivity index (χ0) is 16.8. The van der Waals surface area contributed by atoms with E-state index in [1.807, 2.05) is 31.2 Å². The van der Waals surface area contributed by atoms with Gasteiger partial charge in [-0.15, -0.1) is 11.8 Å². The highest BCUT2D eigenvalue weighted by atomic mass is 32.2. The van der Waals surface area contributed by atoms with Crippen molar-refractivity contribution < 1.29 is 0 Å². The predicted octanol–water partition coefficient (Wildman–Crippen LogP) is 5.37. The third-order valence-electron chi connectivity index (χ3n) is 3.79. The van der Waals surface area contributed by atoms with E-state index in [1.165, 1.54) is 16.3 Å². The van der Waals surface area contributed by atoms with E-state index >= 15 is 0 Å². The Morgan fingerprint density at radius 3 is 2.62 bits per heavy atom. The maximum absolute atomic E-state index is 6.13. The Morgan fingerprint density at radius 2 is 1.75 bits per heavy atom. The van der Waals surface area contributed by atoms with Crippen molar-refractivity contribution in [3.05, 3.63) is 90.1 Å². The summed E-state index contributed by atoms with van der Waals surface area (Å²) < 4.78 is 0. The molecule has 0 unspecified atom stereocenters. The first-order chi connectivity index (χ1) is 11.8. The van der Waals surface area contributed by atoms with Crippen molar-refractivity contribution in [2.45, 2.75) is 17.6 Å². The zero-order valence-electron chi connectivity index (χ0n) is 13.6. The molecule has 0 aromatic heterocycles. The lowest BCUT2D eigenvalue weighted by Gasteiger charge is -2.10. The molecule has 2 N–H and O–H groups in total. The molecule has 0 saturated heterocycles. The van der Waals surface area contributed by atoms with Crippen molar-refractivity contribution in [1.29, 1.82) is 0 Å². The number of rotatable bonds is 5. The van der Waals surface area contributed by atoms with E-state index in [1.54, 1.807) is 18.0 Å². The molecule has 0 aliphatic rings. The van der Waals surface area contributed by atoms with E-state index in [4.69, 9.17) is 5.73 Å². The molecule has 0 bridgehead atoms. The summed E-state index contributed by atoms with van der Waals surface area (Å²) >= 11 is 1.79. The molecule has 0 aliphatic heterocycles. The van der Waals surface area contributed by atoms with Gasteiger partial charge in [-0.05, 0) is 29.3 Å². The Hall–Kier alpha value is -2.52. The Morgan fingerprint density at radius 1 is 1.00 bits per heavy atom. The van der Waals surface area contributed by atoms with Gasteiger partial charge >= 0.3 is 0 Å². The molecule has 120 valence electrons. The van der Waals surface area contributed by atoms with Gasteiger partial charge in [0, 0.05) is 22.4 Å². The molecule has 3 heteroatoms. The summed E-state index contributed by atoms with van der Waals surface area (Å²) in [5, 5.41) is 2.58. The largest absolute Gasteiger partial charge is 0.383 e. The van der Waals surface area contributed by atoms with Crippen LogP contribution in [0.1, 0.15) is 18.1 Å². The van der Waals surface area contributed by atoms with Crippen molar-refractivity contribution in [3.63, 3.8) is 0 Å². The predicted molar refractivity (Wildman–Crippen MR) is 105 cm³/mol. The number of thioether (sulfide) groups is 1. The molecule has 0 aliphatic carbocycles. The fraction of sp³-hybridized carbons (Fsp3) is 0.0952. The van der Waals surface area contributed by atoms with Gasteiger partial charge in [0.2, 0.25) is 0 Å². The molecule has 0 fully saturated rings. The van der Waals surface area contributed by atoms with Crippen LogP contribution in [0.3, 0.4) is 0 Å². The van der Waals surface area contributed by atoms with Crippen LogP contribution >= 0.6 is 11.8 Å². The molecule has 3 aromatic carbocycles. The van der Waals surface area contributed by atoms with E-state index in [0.29, 0.717) is 5.84 Å². The van der Waals surface area contributed by atoms with E-state index in [-0.39, 0.29) is 0 Å². The average molecular weight is 332 g/mol. The quantitative estimate of drug-likeness (QED) is 0.387. The standard InChI is InChI=1S/C21H20N2S/c1-2-14-23-21(22)19-12-5-6-13-20(19)24-15-17-10-7-9-16-8-3-4-11-18(16)17/h2-14H,15H2,1H3,(H2,22,23)/b14-2-. The van der Waals surface area contributed by atoms with Crippen molar-refractivity contribution >= 4 is 28.4 Å². The molecule has 0 heterocycles. The third-order valence-corrected chi connectivity index (χ3v) is 4.91. The lowest BCUT2D eigenvalue weighted by atomic mass is 10.1. The number of hydrogen-bond donors (Lipinski definition) is 1. The number of benzene rings is 3. The van der Waals surface area contributed by atoms with Crippen molar-refractivity contribution in [2.75, 3.05) is 0 Å². The van der Waals surface area contributed by atoms with Gasteiger partial charge in [0.15, 0.2) is 0 Å². The SMILES string of the molecule is C/C=C\N=C(N)c1ccccc1SCc1cccc2ccccc12. The van der Waals surface area contributed by atoms with Crippen LogP contribution in [0.4, 0.5) is 0 Å². The van der Waals surface area contributed by atoms with E-state index in [2.05, 4.69) is 53.5 Å². The summed E-state index contributed by atoms with van der Waals surface area (Å²) in [6.45, 7) is 1.93. The zero-order valence-corrected chi connectivity index (χ0v) is 14.5. The van der Waals surface area contributed by atoms with E-state index in [0.717, 1.165) is 16.2 Å². The van der Waals surface area contributed by atoms with Gasteiger partial charge in [-0.1, -0.05) is 66.7 Å². The van der Waals surface area contributed by atoms with Gasteiger partial charge < -0.3 is 5.73 Å². The molecule has 0 amide bonds. The monoisotopic (exact) mass is 332 g/mol. The Bertz CT molecular complexity index is 892. The minimum Gasteiger partial charge on any atom is -0.383 e. The number of fused-ring (bicyclic) bond motifs is 1. The maximum atomic E-state index is 6.13. The van der Waals surface area contributed by atoms with Crippen LogP contribution in [0.5, 0.6) is 0 Å². The van der Waals surface area contributed by atoms with Gasteiger partial charge in [0.05, 0.1) is 0 Å². The first-order valence-corrected chi connectivity index (χ1v) is 8.91. The summed E-state index contributed by atoms with van der Waals surface area (Å²) in [6, 6.07) is 23.1.